The first-order chi connectivity index (χ1) is 18.4. The molecule has 0 aromatic heterocycles. The Hall–Kier alpha value is -3.87. The van der Waals surface area contributed by atoms with Crippen LogP contribution in [0.5, 0.6) is 5.75 Å². The number of methoxy groups -OCH3 is 5. The SMILES string of the molecule is COC(=O)O[C@H]1ON(Cc2ccccc2)[C@@H]([C@H](Nc2ccc(OC)cc2)[C@@H](OC)C(=O)OC)[C@@H]1C(=O)OC. The molecule has 38 heavy (non-hydrogen) atoms. The molecule has 206 valence electrons. The summed E-state index contributed by atoms with van der Waals surface area (Å²) in [6.45, 7) is 0.165. The maximum atomic E-state index is 13.1. The Bertz CT molecular complexity index is 1070. The number of carbonyl (C=O) groups is 3. The molecule has 12 heteroatoms. The Morgan fingerprint density at radius 3 is 2.16 bits per heavy atom. The molecule has 1 saturated heterocycles. The van der Waals surface area contributed by atoms with Crippen molar-refractivity contribution >= 4 is 23.8 Å². The van der Waals surface area contributed by atoms with Gasteiger partial charge in [0.15, 0.2) is 6.10 Å². The van der Waals surface area contributed by atoms with Gasteiger partial charge in [-0.2, -0.15) is 5.06 Å². The zero-order chi connectivity index (χ0) is 27.7. The molecule has 1 fully saturated rings. The second-order valence-corrected chi connectivity index (χ2v) is 8.22. The van der Waals surface area contributed by atoms with Crippen LogP contribution in [0.25, 0.3) is 0 Å². The van der Waals surface area contributed by atoms with E-state index in [2.05, 4.69) is 10.1 Å². The molecule has 1 aliphatic rings. The number of benzene rings is 2. The number of nitrogens with zero attached hydrogens (tertiary/aromatic N) is 1. The maximum Gasteiger partial charge on any atom is 0.510 e. The van der Waals surface area contributed by atoms with Crippen molar-refractivity contribution in [3.05, 3.63) is 60.2 Å². The number of carbonyl (C=O) groups excluding carboxylic acids is 3. The summed E-state index contributed by atoms with van der Waals surface area (Å²) >= 11 is 0. The smallest absolute Gasteiger partial charge is 0.497 e. The standard InChI is InChI=1S/C26H32N2O10/c1-32-18-13-11-17(12-14-18)27-20(22(33-2)24(30)35-4)21-19(23(29)34-3)25(37-26(31)36-5)38-28(21)15-16-9-7-6-8-10-16/h6-14,19-22,25,27H,15H2,1-5H3/t19-,20+,21-,22-,25+/m1/s1. The Morgan fingerprint density at radius 1 is 0.921 bits per heavy atom. The zero-order valence-electron chi connectivity index (χ0n) is 21.8. The minimum absolute atomic E-state index is 0.165. The number of esters is 2. The molecule has 3 rings (SSSR count). The van der Waals surface area contributed by atoms with Crippen LogP contribution < -0.4 is 10.1 Å². The predicted octanol–water partition coefficient (Wildman–Crippen LogP) is 2.38. The van der Waals surface area contributed by atoms with Gasteiger partial charge in [0.05, 0.1) is 40.5 Å². The van der Waals surface area contributed by atoms with E-state index in [0.717, 1.165) is 12.7 Å². The summed E-state index contributed by atoms with van der Waals surface area (Å²) in [5, 5.41) is 4.73. The Morgan fingerprint density at radius 2 is 1.61 bits per heavy atom. The van der Waals surface area contributed by atoms with Crippen molar-refractivity contribution in [3.8, 4) is 5.75 Å². The van der Waals surface area contributed by atoms with Crippen molar-refractivity contribution < 1.29 is 47.6 Å². The predicted molar refractivity (Wildman–Crippen MR) is 133 cm³/mol. The van der Waals surface area contributed by atoms with Gasteiger partial charge in [0, 0.05) is 19.3 Å². The highest BCUT2D eigenvalue weighted by Gasteiger charge is 2.56. The lowest BCUT2D eigenvalue weighted by molar-refractivity contribution is -0.236. The number of ether oxygens (including phenoxy) is 6. The van der Waals surface area contributed by atoms with Crippen LogP contribution in [0.3, 0.4) is 0 Å². The highest BCUT2D eigenvalue weighted by atomic mass is 16.8. The van der Waals surface area contributed by atoms with E-state index in [0.29, 0.717) is 11.4 Å². The summed E-state index contributed by atoms with van der Waals surface area (Å²) in [6.07, 6.45) is -3.68. The van der Waals surface area contributed by atoms with Gasteiger partial charge < -0.3 is 33.7 Å². The van der Waals surface area contributed by atoms with Crippen molar-refractivity contribution in [1.82, 2.24) is 5.06 Å². The normalized spacial score (nSPS) is 20.6. The summed E-state index contributed by atoms with van der Waals surface area (Å²) in [5.41, 5.74) is 1.41. The molecule has 2 aromatic rings. The minimum atomic E-state index is -1.42. The Balaban J connectivity index is 2.11. The molecule has 0 saturated carbocycles. The largest absolute Gasteiger partial charge is 0.510 e. The van der Waals surface area contributed by atoms with Crippen LogP contribution in [0, 0.1) is 5.92 Å². The van der Waals surface area contributed by atoms with Crippen LogP contribution in [0.4, 0.5) is 10.5 Å². The lowest BCUT2D eigenvalue weighted by Gasteiger charge is -2.36. The van der Waals surface area contributed by atoms with E-state index in [1.54, 1.807) is 31.4 Å². The Kier molecular flexibility index (Phi) is 10.3. The van der Waals surface area contributed by atoms with Crippen molar-refractivity contribution in [2.45, 2.75) is 31.0 Å². The van der Waals surface area contributed by atoms with E-state index in [4.69, 9.17) is 28.5 Å². The monoisotopic (exact) mass is 532 g/mol. The topological polar surface area (TPSA) is 131 Å². The highest BCUT2D eigenvalue weighted by molar-refractivity contribution is 5.78. The van der Waals surface area contributed by atoms with E-state index < -0.39 is 48.5 Å². The number of hydrogen-bond donors (Lipinski definition) is 1. The first kappa shape index (κ1) is 28.7. The first-order valence-electron chi connectivity index (χ1n) is 11.7. The number of rotatable bonds is 11. The molecule has 0 aliphatic carbocycles. The van der Waals surface area contributed by atoms with Crippen LogP contribution in [0.1, 0.15) is 5.56 Å². The van der Waals surface area contributed by atoms with E-state index in [9.17, 15) is 14.4 Å². The molecule has 5 atom stereocenters. The molecular weight excluding hydrogens is 500 g/mol. The summed E-state index contributed by atoms with van der Waals surface area (Å²) in [7, 11) is 6.46. The van der Waals surface area contributed by atoms with Gasteiger partial charge in [0.25, 0.3) is 0 Å². The lowest BCUT2D eigenvalue weighted by atomic mass is 9.89. The van der Waals surface area contributed by atoms with Crippen LogP contribution in [0.15, 0.2) is 54.6 Å². The molecule has 0 unspecified atom stereocenters. The maximum absolute atomic E-state index is 13.1. The quantitative estimate of drug-likeness (QED) is 0.337. The van der Waals surface area contributed by atoms with E-state index in [1.807, 2.05) is 30.3 Å². The van der Waals surface area contributed by atoms with E-state index in [1.165, 1.54) is 26.4 Å². The van der Waals surface area contributed by atoms with E-state index in [-0.39, 0.29) is 6.54 Å². The van der Waals surface area contributed by atoms with Gasteiger partial charge in [-0.1, -0.05) is 30.3 Å². The first-order valence-corrected chi connectivity index (χ1v) is 11.7. The summed E-state index contributed by atoms with van der Waals surface area (Å²) in [6, 6.07) is 14.3. The molecule has 1 aliphatic heterocycles. The summed E-state index contributed by atoms with van der Waals surface area (Å²) in [4.78, 5) is 44.0. The average Bonchev–Trinajstić information content (AvgIpc) is 3.29. The van der Waals surface area contributed by atoms with Gasteiger partial charge in [0.2, 0.25) is 6.29 Å². The fraction of sp³-hybridized carbons (Fsp3) is 0.423. The molecule has 2 aromatic carbocycles. The van der Waals surface area contributed by atoms with Crippen LogP contribution in [-0.2, 0) is 44.7 Å². The second kappa shape index (κ2) is 13.6. The molecule has 0 radical (unpaired) electrons. The van der Waals surface area contributed by atoms with Gasteiger partial charge in [0.1, 0.15) is 11.7 Å². The third kappa shape index (κ3) is 6.71. The highest BCUT2D eigenvalue weighted by Crippen LogP contribution is 2.36. The molecular formula is C26H32N2O10. The number of hydrogen-bond acceptors (Lipinski definition) is 12. The van der Waals surface area contributed by atoms with Gasteiger partial charge in [-0.05, 0) is 29.8 Å². The fourth-order valence-corrected chi connectivity index (χ4v) is 4.27. The third-order valence-electron chi connectivity index (χ3n) is 6.07. The Labute approximate surface area is 220 Å². The molecule has 0 amide bonds. The zero-order valence-corrected chi connectivity index (χ0v) is 21.8. The fourth-order valence-electron chi connectivity index (χ4n) is 4.27. The van der Waals surface area contributed by atoms with Gasteiger partial charge in [-0.25, -0.2) is 9.59 Å². The van der Waals surface area contributed by atoms with Crippen LogP contribution in [0.2, 0.25) is 0 Å². The average molecular weight is 533 g/mol. The number of nitrogens with one attached hydrogen (secondary N) is 1. The van der Waals surface area contributed by atoms with Crippen molar-refractivity contribution in [3.63, 3.8) is 0 Å². The molecule has 0 spiro atoms. The minimum Gasteiger partial charge on any atom is -0.497 e. The number of anilines is 1. The summed E-state index contributed by atoms with van der Waals surface area (Å²) < 4.78 is 30.8. The third-order valence-corrected chi connectivity index (χ3v) is 6.07. The second-order valence-electron chi connectivity index (χ2n) is 8.22. The van der Waals surface area contributed by atoms with Crippen LogP contribution >= 0.6 is 0 Å². The van der Waals surface area contributed by atoms with E-state index >= 15 is 0 Å². The molecule has 0 bridgehead atoms. The van der Waals surface area contributed by atoms with Crippen molar-refractivity contribution in [1.29, 1.82) is 0 Å². The lowest BCUT2D eigenvalue weighted by Crippen LogP contribution is -2.56. The molecule has 1 N–H and O–H groups in total. The van der Waals surface area contributed by atoms with Gasteiger partial charge in [-0.3, -0.25) is 9.63 Å². The van der Waals surface area contributed by atoms with Crippen molar-refractivity contribution in [2.24, 2.45) is 5.92 Å². The van der Waals surface area contributed by atoms with Crippen molar-refractivity contribution in [2.75, 3.05) is 40.9 Å². The molecule has 1 heterocycles. The number of hydroxylamine groups is 2. The van der Waals surface area contributed by atoms with Gasteiger partial charge in [-0.15, -0.1) is 0 Å². The van der Waals surface area contributed by atoms with Crippen LogP contribution in [-0.4, -0.2) is 83.2 Å². The van der Waals surface area contributed by atoms with Gasteiger partial charge >= 0.3 is 18.1 Å². The molecule has 12 nitrogen and oxygen atoms in total. The summed E-state index contributed by atoms with van der Waals surface area (Å²) in [5.74, 6) is -2.02.